The largest absolute Gasteiger partial charge is 0.481 e. The Hall–Kier alpha value is -1.35. The van der Waals surface area contributed by atoms with Crippen molar-refractivity contribution < 1.29 is 9.90 Å². The highest BCUT2D eigenvalue weighted by Gasteiger charge is 2.20. The molecular formula is C16H25NO2. The number of benzene rings is 1. The molecule has 1 aromatic carbocycles. The molecule has 0 fully saturated rings. The second kappa shape index (κ2) is 6.71. The maximum Gasteiger partial charge on any atom is 0.303 e. The number of carboxylic acid groups (broad SMARTS) is 1. The van der Waals surface area contributed by atoms with Crippen molar-refractivity contribution in [2.45, 2.75) is 40.5 Å². The van der Waals surface area contributed by atoms with Crippen LogP contribution in [0, 0.1) is 19.3 Å². The third-order valence-electron chi connectivity index (χ3n) is 3.31. The standard InChI is InChI=1S/C16H25NO2/c1-12-5-6-13(2)14(9-12)7-8-17-11-16(3,4)10-15(18)19/h5-6,9,17H,7-8,10-11H2,1-4H3,(H,18,19). The molecule has 3 nitrogen and oxygen atoms in total. The van der Waals surface area contributed by atoms with E-state index >= 15 is 0 Å². The quantitative estimate of drug-likeness (QED) is 0.744. The van der Waals surface area contributed by atoms with Gasteiger partial charge < -0.3 is 10.4 Å². The number of carboxylic acids is 1. The Labute approximate surface area is 116 Å². The lowest BCUT2D eigenvalue weighted by Crippen LogP contribution is -2.32. The fourth-order valence-corrected chi connectivity index (χ4v) is 2.19. The van der Waals surface area contributed by atoms with Gasteiger partial charge in [0.2, 0.25) is 0 Å². The summed E-state index contributed by atoms with van der Waals surface area (Å²) in [6, 6.07) is 6.50. The second-order valence-electron chi connectivity index (χ2n) is 6.09. The second-order valence-corrected chi connectivity index (χ2v) is 6.09. The molecule has 0 aliphatic heterocycles. The molecule has 0 aromatic heterocycles. The lowest BCUT2D eigenvalue weighted by Gasteiger charge is -2.23. The topological polar surface area (TPSA) is 49.3 Å². The van der Waals surface area contributed by atoms with Crippen molar-refractivity contribution in [2.24, 2.45) is 5.41 Å². The fourth-order valence-electron chi connectivity index (χ4n) is 2.19. The van der Waals surface area contributed by atoms with Gasteiger partial charge in [0.15, 0.2) is 0 Å². The predicted molar refractivity (Wildman–Crippen MR) is 78.5 cm³/mol. The van der Waals surface area contributed by atoms with Crippen LogP contribution in [0.1, 0.15) is 37.0 Å². The first-order valence-corrected chi connectivity index (χ1v) is 6.79. The van der Waals surface area contributed by atoms with E-state index in [1.54, 1.807) is 0 Å². The van der Waals surface area contributed by atoms with Crippen LogP contribution >= 0.6 is 0 Å². The first kappa shape index (κ1) is 15.7. The highest BCUT2D eigenvalue weighted by Crippen LogP contribution is 2.18. The average molecular weight is 263 g/mol. The number of carbonyl (C=O) groups is 1. The van der Waals surface area contributed by atoms with E-state index in [0.717, 1.165) is 19.5 Å². The van der Waals surface area contributed by atoms with Gasteiger partial charge in [0.05, 0.1) is 6.42 Å². The normalized spacial score (nSPS) is 11.6. The minimum absolute atomic E-state index is 0.198. The number of hydrogen-bond acceptors (Lipinski definition) is 2. The van der Waals surface area contributed by atoms with Gasteiger partial charge in [0.25, 0.3) is 0 Å². The maximum absolute atomic E-state index is 10.7. The number of aryl methyl sites for hydroxylation is 2. The monoisotopic (exact) mass is 263 g/mol. The van der Waals surface area contributed by atoms with Gasteiger partial charge in [-0.1, -0.05) is 37.6 Å². The van der Waals surface area contributed by atoms with Crippen molar-refractivity contribution in [1.82, 2.24) is 5.32 Å². The van der Waals surface area contributed by atoms with Crippen LogP contribution in [0.2, 0.25) is 0 Å². The van der Waals surface area contributed by atoms with Crippen LogP contribution in [0.3, 0.4) is 0 Å². The van der Waals surface area contributed by atoms with Crippen LogP contribution in [0.25, 0.3) is 0 Å². The lowest BCUT2D eigenvalue weighted by molar-refractivity contribution is -0.139. The molecule has 0 aliphatic carbocycles. The molecule has 0 saturated carbocycles. The van der Waals surface area contributed by atoms with Crippen molar-refractivity contribution in [1.29, 1.82) is 0 Å². The van der Waals surface area contributed by atoms with Gasteiger partial charge in [0, 0.05) is 6.54 Å². The molecule has 0 saturated heterocycles. The van der Waals surface area contributed by atoms with E-state index in [9.17, 15) is 4.79 Å². The van der Waals surface area contributed by atoms with Crippen LogP contribution in [0.15, 0.2) is 18.2 Å². The van der Waals surface area contributed by atoms with Gasteiger partial charge in [-0.05, 0) is 43.4 Å². The molecule has 0 atom stereocenters. The molecule has 0 unspecified atom stereocenters. The van der Waals surface area contributed by atoms with Crippen LogP contribution in [0.5, 0.6) is 0 Å². The zero-order chi connectivity index (χ0) is 14.5. The van der Waals surface area contributed by atoms with E-state index in [4.69, 9.17) is 5.11 Å². The molecule has 2 N–H and O–H groups in total. The van der Waals surface area contributed by atoms with E-state index in [0.29, 0.717) is 0 Å². The van der Waals surface area contributed by atoms with Crippen molar-refractivity contribution in [2.75, 3.05) is 13.1 Å². The predicted octanol–water partition coefficient (Wildman–Crippen LogP) is 2.94. The Bertz CT molecular complexity index is 438. The smallest absolute Gasteiger partial charge is 0.303 e. The van der Waals surface area contributed by atoms with Gasteiger partial charge >= 0.3 is 5.97 Å². The fraction of sp³-hybridized carbons (Fsp3) is 0.562. The molecule has 1 rings (SSSR count). The average Bonchev–Trinajstić information content (AvgIpc) is 2.27. The molecule has 3 heteroatoms. The van der Waals surface area contributed by atoms with E-state index in [-0.39, 0.29) is 11.8 Å². The minimum atomic E-state index is -0.735. The highest BCUT2D eigenvalue weighted by atomic mass is 16.4. The van der Waals surface area contributed by atoms with Crippen LogP contribution in [-0.2, 0) is 11.2 Å². The molecule has 0 radical (unpaired) electrons. The first-order valence-electron chi connectivity index (χ1n) is 6.79. The molecule has 0 spiro atoms. The molecule has 1 aromatic rings. The Kier molecular flexibility index (Phi) is 5.55. The number of nitrogens with one attached hydrogen (secondary N) is 1. The van der Waals surface area contributed by atoms with Crippen molar-refractivity contribution >= 4 is 5.97 Å². The van der Waals surface area contributed by atoms with E-state index in [2.05, 4.69) is 37.4 Å². The Balaban J connectivity index is 2.38. The van der Waals surface area contributed by atoms with Gasteiger partial charge in [-0.15, -0.1) is 0 Å². The summed E-state index contributed by atoms with van der Waals surface area (Å²) in [4.78, 5) is 10.7. The maximum atomic E-state index is 10.7. The SMILES string of the molecule is Cc1ccc(C)c(CCNCC(C)(C)CC(=O)O)c1. The third kappa shape index (κ3) is 5.88. The van der Waals surface area contributed by atoms with Crippen molar-refractivity contribution in [3.05, 3.63) is 34.9 Å². The van der Waals surface area contributed by atoms with E-state index in [1.165, 1.54) is 16.7 Å². The number of rotatable bonds is 7. The summed E-state index contributed by atoms with van der Waals surface area (Å²) < 4.78 is 0. The molecule has 19 heavy (non-hydrogen) atoms. The molecule has 0 aliphatic rings. The van der Waals surface area contributed by atoms with Gasteiger partial charge in [-0.3, -0.25) is 4.79 Å². The summed E-state index contributed by atoms with van der Waals surface area (Å²) >= 11 is 0. The third-order valence-corrected chi connectivity index (χ3v) is 3.31. The minimum Gasteiger partial charge on any atom is -0.481 e. The summed E-state index contributed by atoms with van der Waals surface area (Å²) in [5, 5.41) is 12.2. The highest BCUT2D eigenvalue weighted by molar-refractivity contribution is 5.67. The summed E-state index contributed by atoms with van der Waals surface area (Å²) in [6.07, 6.45) is 1.18. The van der Waals surface area contributed by atoms with E-state index in [1.807, 2.05) is 13.8 Å². The van der Waals surface area contributed by atoms with Crippen LogP contribution in [-0.4, -0.2) is 24.2 Å². The van der Waals surface area contributed by atoms with Gasteiger partial charge in [-0.25, -0.2) is 0 Å². The molecule has 0 amide bonds. The summed E-state index contributed by atoms with van der Waals surface area (Å²) in [6.45, 7) is 9.80. The van der Waals surface area contributed by atoms with Crippen molar-refractivity contribution in [3.8, 4) is 0 Å². The van der Waals surface area contributed by atoms with Crippen LogP contribution < -0.4 is 5.32 Å². The van der Waals surface area contributed by atoms with Crippen molar-refractivity contribution in [3.63, 3.8) is 0 Å². The summed E-state index contributed by atoms with van der Waals surface area (Å²) in [5.74, 6) is -0.735. The Morgan fingerprint density at radius 3 is 2.63 bits per heavy atom. The van der Waals surface area contributed by atoms with Gasteiger partial charge in [0.1, 0.15) is 0 Å². The number of hydrogen-bond donors (Lipinski definition) is 2. The zero-order valence-corrected chi connectivity index (χ0v) is 12.4. The molecule has 0 heterocycles. The molecular weight excluding hydrogens is 238 g/mol. The molecule has 106 valence electrons. The first-order chi connectivity index (χ1) is 8.80. The van der Waals surface area contributed by atoms with Gasteiger partial charge in [-0.2, -0.15) is 0 Å². The van der Waals surface area contributed by atoms with E-state index < -0.39 is 5.97 Å². The summed E-state index contributed by atoms with van der Waals surface area (Å²) in [7, 11) is 0. The Morgan fingerprint density at radius 2 is 2.00 bits per heavy atom. The Morgan fingerprint density at radius 1 is 1.32 bits per heavy atom. The molecule has 0 bridgehead atoms. The lowest BCUT2D eigenvalue weighted by atomic mass is 9.89. The van der Waals surface area contributed by atoms with Crippen LogP contribution in [0.4, 0.5) is 0 Å². The number of aliphatic carboxylic acids is 1. The summed E-state index contributed by atoms with van der Waals surface area (Å²) in [5.41, 5.74) is 3.76. The zero-order valence-electron chi connectivity index (χ0n) is 12.4.